The summed E-state index contributed by atoms with van der Waals surface area (Å²) in [5.74, 6) is -0.378. The highest BCUT2D eigenvalue weighted by Gasteiger charge is 2.29. The van der Waals surface area contributed by atoms with Gasteiger partial charge < -0.3 is 20.7 Å². The van der Waals surface area contributed by atoms with E-state index in [4.69, 9.17) is 4.74 Å². The van der Waals surface area contributed by atoms with Gasteiger partial charge in [0.05, 0.1) is 12.1 Å². The van der Waals surface area contributed by atoms with E-state index in [2.05, 4.69) is 28.1 Å². The minimum Gasteiger partial charge on any atom is -0.376 e. The molecule has 6 nitrogen and oxygen atoms in total. The van der Waals surface area contributed by atoms with Crippen LogP contribution in [-0.4, -0.2) is 37.1 Å². The molecular formula is C23H28ClN3O3. The Kier molecular flexibility index (Phi) is 7.85. The molecule has 1 unspecified atom stereocenters. The number of carbonyl (C=O) groups is 2. The Balaban J connectivity index is 0.00000256. The maximum atomic E-state index is 13.0. The van der Waals surface area contributed by atoms with Gasteiger partial charge in [-0.15, -0.1) is 12.4 Å². The molecule has 0 radical (unpaired) electrons. The largest absolute Gasteiger partial charge is 0.376 e. The number of amides is 2. The summed E-state index contributed by atoms with van der Waals surface area (Å²) < 4.78 is 5.59. The number of fused-ring (bicyclic) bond motifs is 1. The standard InChI is InChI=1S/C23H27N3O3.ClH/c27-22(20-13-17-9-4-5-10-18(17)14-24-20)26-21(16-7-2-1-3-8-16)23(28)25-15-19-11-6-12-29-19;/h1-5,7-10,19-21,24H,6,11-15H2,(H,25,28)(H,26,27);1H/t19?,20-,21+;/m0./s1. The van der Waals surface area contributed by atoms with Crippen LogP contribution in [-0.2, 0) is 27.3 Å². The van der Waals surface area contributed by atoms with Gasteiger partial charge >= 0.3 is 0 Å². The molecule has 2 aromatic carbocycles. The lowest BCUT2D eigenvalue weighted by molar-refractivity contribution is -0.130. The highest BCUT2D eigenvalue weighted by Crippen LogP contribution is 2.19. The number of ether oxygens (including phenoxy) is 1. The van der Waals surface area contributed by atoms with Crippen LogP contribution < -0.4 is 16.0 Å². The van der Waals surface area contributed by atoms with Crippen LogP contribution in [0.2, 0.25) is 0 Å². The van der Waals surface area contributed by atoms with Crippen molar-refractivity contribution < 1.29 is 14.3 Å². The molecule has 0 aliphatic carbocycles. The Labute approximate surface area is 183 Å². The topological polar surface area (TPSA) is 79.5 Å². The van der Waals surface area contributed by atoms with Crippen molar-refractivity contribution in [3.63, 3.8) is 0 Å². The molecule has 3 N–H and O–H groups in total. The predicted octanol–water partition coefficient (Wildman–Crippen LogP) is 2.28. The van der Waals surface area contributed by atoms with E-state index in [1.807, 2.05) is 42.5 Å². The predicted molar refractivity (Wildman–Crippen MR) is 117 cm³/mol. The van der Waals surface area contributed by atoms with Crippen LogP contribution in [0.1, 0.15) is 35.6 Å². The van der Waals surface area contributed by atoms with E-state index >= 15 is 0 Å². The molecule has 0 saturated carbocycles. The van der Waals surface area contributed by atoms with Gasteiger partial charge in [0.1, 0.15) is 6.04 Å². The van der Waals surface area contributed by atoms with Gasteiger partial charge in [-0.2, -0.15) is 0 Å². The first-order valence-electron chi connectivity index (χ1n) is 10.3. The second kappa shape index (κ2) is 10.6. The third-order valence-electron chi connectivity index (χ3n) is 5.61. The van der Waals surface area contributed by atoms with Crippen molar-refractivity contribution in [2.45, 2.75) is 44.0 Å². The van der Waals surface area contributed by atoms with Crippen LogP contribution in [0.3, 0.4) is 0 Å². The van der Waals surface area contributed by atoms with E-state index in [-0.39, 0.29) is 36.4 Å². The Hall–Kier alpha value is -2.41. The van der Waals surface area contributed by atoms with Crippen LogP contribution in [0.15, 0.2) is 54.6 Å². The average molecular weight is 430 g/mol. The van der Waals surface area contributed by atoms with Crippen LogP contribution in [0.25, 0.3) is 0 Å². The van der Waals surface area contributed by atoms with E-state index < -0.39 is 6.04 Å². The molecule has 7 heteroatoms. The lowest BCUT2D eigenvalue weighted by Crippen LogP contribution is -2.51. The van der Waals surface area contributed by atoms with E-state index in [1.54, 1.807) is 0 Å². The summed E-state index contributed by atoms with van der Waals surface area (Å²) in [7, 11) is 0. The molecule has 4 rings (SSSR count). The number of rotatable bonds is 6. The zero-order chi connectivity index (χ0) is 20.1. The first-order valence-corrected chi connectivity index (χ1v) is 10.3. The number of benzene rings is 2. The summed E-state index contributed by atoms with van der Waals surface area (Å²) in [5.41, 5.74) is 3.15. The molecule has 2 aromatic rings. The zero-order valence-corrected chi connectivity index (χ0v) is 17.6. The van der Waals surface area contributed by atoms with Gasteiger partial charge in [0, 0.05) is 19.7 Å². The van der Waals surface area contributed by atoms with Gasteiger partial charge in [0.25, 0.3) is 0 Å². The fourth-order valence-corrected chi connectivity index (χ4v) is 3.95. The normalized spacial score (nSPS) is 21.1. The Morgan fingerprint density at radius 3 is 2.53 bits per heavy atom. The number of nitrogens with one attached hydrogen (secondary N) is 3. The molecule has 1 fully saturated rings. The summed E-state index contributed by atoms with van der Waals surface area (Å²) in [5, 5.41) is 9.19. The van der Waals surface area contributed by atoms with E-state index in [0.29, 0.717) is 19.5 Å². The quantitative estimate of drug-likeness (QED) is 0.658. The molecule has 2 aliphatic rings. The minimum atomic E-state index is -0.732. The SMILES string of the molecule is Cl.O=C(N[C@@H](C(=O)NCC1CCCO1)c1ccccc1)[C@@H]1Cc2ccccc2CN1. The Morgan fingerprint density at radius 1 is 1.07 bits per heavy atom. The minimum absolute atomic E-state index is 0. The lowest BCUT2D eigenvalue weighted by atomic mass is 9.95. The molecular weight excluding hydrogens is 402 g/mol. The second-order valence-corrected chi connectivity index (χ2v) is 7.64. The van der Waals surface area contributed by atoms with Crippen LogP contribution in [0.4, 0.5) is 0 Å². The monoisotopic (exact) mass is 429 g/mol. The fourth-order valence-electron chi connectivity index (χ4n) is 3.95. The summed E-state index contributed by atoms with van der Waals surface area (Å²) in [6.45, 7) is 1.86. The molecule has 2 heterocycles. The summed E-state index contributed by atoms with van der Waals surface area (Å²) in [6.07, 6.45) is 2.64. The van der Waals surface area contributed by atoms with Crippen molar-refractivity contribution in [2.24, 2.45) is 0 Å². The molecule has 3 atom stereocenters. The van der Waals surface area contributed by atoms with Crippen LogP contribution >= 0.6 is 12.4 Å². The molecule has 0 spiro atoms. The third kappa shape index (κ3) is 5.39. The van der Waals surface area contributed by atoms with Gasteiger partial charge in [-0.05, 0) is 36.0 Å². The van der Waals surface area contributed by atoms with Crippen LogP contribution in [0.5, 0.6) is 0 Å². The molecule has 2 amide bonds. The van der Waals surface area contributed by atoms with Crippen molar-refractivity contribution >= 4 is 24.2 Å². The zero-order valence-electron chi connectivity index (χ0n) is 16.8. The van der Waals surface area contributed by atoms with Crippen molar-refractivity contribution in [3.05, 3.63) is 71.3 Å². The van der Waals surface area contributed by atoms with E-state index in [0.717, 1.165) is 25.0 Å². The van der Waals surface area contributed by atoms with Gasteiger partial charge in [-0.3, -0.25) is 9.59 Å². The van der Waals surface area contributed by atoms with E-state index in [9.17, 15) is 9.59 Å². The lowest BCUT2D eigenvalue weighted by Gasteiger charge is -2.27. The Bertz CT molecular complexity index is 856. The number of carbonyl (C=O) groups excluding carboxylic acids is 2. The third-order valence-corrected chi connectivity index (χ3v) is 5.61. The fraction of sp³-hybridized carbons (Fsp3) is 0.391. The van der Waals surface area contributed by atoms with Crippen molar-refractivity contribution in [1.29, 1.82) is 0 Å². The second-order valence-electron chi connectivity index (χ2n) is 7.64. The van der Waals surface area contributed by atoms with Gasteiger partial charge in [-0.1, -0.05) is 54.6 Å². The summed E-state index contributed by atoms with van der Waals surface area (Å²) in [6, 6.07) is 16.4. The van der Waals surface area contributed by atoms with Crippen molar-refractivity contribution in [3.8, 4) is 0 Å². The molecule has 0 bridgehead atoms. The van der Waals surface area contributed by atoms with Crippen LogP contribution in [0, 0.1) is 0 Å². The Morgan fingerprint density at radius 2 is 1.80 bits per heavy atom. The van der Waals surface area contributed by atoms with Gasteiger partial charge in [0.15, 0.2) is 0 Å². The highest BCUT2D eigenvalue weighted by atomic mass is 35.5. The van der Waals surface area contributed by atoms with Crippen molar-refractivity contribution in [2.75, 3.05) is 13.2 Å². The maximum absolute atomic E-state index is 13.0. The average Bonchev–Trinajstić information content (AvgIpc) is 3.29. The van der Waals surface area contributed by atoms with Crippen molar-refractivity contribution in [1.82, 2.24) is 16.0 Å². The highest BCUT2D eigenvalue weighted by molar-refractivity contribution is 5.91. The first kappa shape index (κ1) is 22.3. The number of hydrogen-bond acceptors (Lipinski definition) is 4. The first-order chi connectivity index (χ1) is 14.2. The van der Waals surface area contributed by atoms with Gasteiger partial charge in [-0.25, -0.2) is 0 Å². The molecule has 2 aliphatic heterocycles. The smallest absolute Gasteiger partial charge is 0.247 e. The molecule has 160 valence electrons. The number of hydrogen-bond donors (Lipinski definition) is 3. The summed E-state index contributed by atoms with van der Waals surface area (Å²) >= 11 is 0. The maximum Gasteiger partial charge on any atom is 0.247 e. The summed E-state index contributed by atoms with van der Waals surface area (Å²) in [4.78, 5) is 25.9. The molecule has 1 saturated heterocycles. The molecule has 0 aromatic heterocycles. The van der Waals surface area contributed by atoms with E-state index in [1.165, 1.54) is 11.1 Å². The van der Waals surface area contributed by atoms with Gasteiger partial charge in [0.2, 0.25) is 11.8 Å². The molecule has 30 heavy (non-hydrogen) atoms. The number of halogens is 1.